The zero-order valence-electron chi connectivity index (χ0n) is 10.3. The zero-order chi connectivity index (χ0) is 15.2. The second-order valence-corrected chi connectivity index (χ2v) is 4.65. The second-order valence-electron chi connectivity index (χ2n) is 3.49. The number of hydrogen-bond acceptors (Lipinski definition) is 3. The predicted octanol–water partition coefficient (Wildman–Crippen LogP) is 3.49. The molecular weight excluding hydrogens is 386 g/mol. The van der Waals surface area contributed by atoms with Gasteiger partial charge in [0.15, 0.2) is 12.3 Å². The lowest BCUT2D eigenvalue weighted by Gasteiger charge is -2.05. The fourth-order valence-electron chi connectivity index (χ4n) is 1.08. The molecule has 7 heteroatoms. The van der Waals surface area contributed by atoms with Crippen LogP contribution in [0.3, 0.4) is 0 Å². The summed E-state index contributed by atoms with van der Waals surface area (Å²) in [5, 5.41) is 0. The van der Waals surface area contributed by atoms with Crippen molar-refractivity contribution in [2.24, 2.45) is 4.99 Å². The van der Waals surface area contributed by atoms with Gasteiger partial charge in [0.2, 0.25) is 0 Å². The third-order valence-electron chi connectivity index (χ3n) is 1.91. The lowest BCUT2D eigenvalue weighted by atomic mass is 10.3. The molecule has 0 radical (unpaired) electrons. The summed E-state index contributed by atoms with van der Waals surface area (Å²) < 4.78 is 43.4. The number of ether oxygens (including phenoxy) is 1. The Bertz CT molecular complexity index is 585. The van der Waals surface area contributed by atoms with Crippen molar-refractivity contribution >= 4 is 40.0 Å². The maximum Gasteiger partial charge on any atom is 0.441 e. The van der Waals surface area contributed by atoms with Gasteiger partial charge in [-0.05, 0) is 40.6 Å². The fourth-order valence-corrected chi connectivity index (χ4v) is 1.59. The van der Waals surface area contributed by atoms with Crippen molar-refractivity contribution in [1.82, 2.24) is 0 Å². The first-order chi connectivity index (χ1) is 9.30. The number of benzene rings is 1. The van der Waals surface area contributed by atoms with Crippen LogP contribution in [-0.2, 0) is 9.53 Å². The van der Waals surface area contributed by atoms with E-state index in [-0.39, 0.29) is 5.69 Å². The highest BCUT2D eigenvalue weighted by Crippen LogP contribution is 2.25. The van der Waals surface area contributed by atoms with Crippen molar-refractivity contribution < 1.29 is 22.7 Å². The second kappa shape index (κ2) is 7.28. The number of nitrogens with zero attached hydrogens (tertiary/aromatic N) is 1. The molecule has 0 saturated heterocycles. The van der Waals surface area contributed by atoms with Crippen LogP contribution >= 0.6 is 22.6 Å². The number of hydrogen-bond donors (Lipinski definition) is 0. The van der Waals surface area contributed by atoms with E-state index in [2.05, 4.69) is 15.6 Å². The molecule has 0 atom stereocenters. The van der Waals surface area contributed by atoms with Crippen LogP contribution in [0.1, 0.15) is 6.92 Å². The first-order valence-electron chi connectivity index (χ1n) is 5.33. The van der Waals surface area contributed by atoms with Crippen LogP contribution in [-0.4, -0.2) is 24.5 Å². The van der Waals surface area contributed by atoms with Crippen molar-refractivity contribution in [1.29, 1.82) is 0 Å². The summed E-state index contributed by atoms with van der Waals surface area (Å²) in [5.74, 6) is 3.39. The number of para-hydroxylation sites is 1. The number of carbonyl (C=O) groups excluding carboxylic acids is 1. The highest BCUT2D eigenvalue weighted by Gasteiger charge is 2.34. The number of alkyl halides is 3. The molecule has 0 aliphatic carbocycles. The van der Waals surface area contributed by atoms with E-state index >= 15 is 0 Å². The molecule has 20 heavy (non-hydrogen) atoms. The SMILES string of the molecule is CC(=O)OCC#CC(=Nc1ccccc1I)C(F)(F)F. The quantitative estimate of drug-likeness (QED) is 0.333. The molecule has 0 bridgehead atoms. The Balaban J connectivity index is 3.02. The molecule has 3 nitrogen and oxygen atoms in total. The van der Waals surface area contributed by atoms with Crippen LogP contribution in [0.25, 0.3) is 0 Å². The van der Waals surface area contributed by atoms with Crippen LogP contribution < -0.4 is 0 Å². The monoisotopic (exact) mass is 395 g/mol. The van der Waals surface area contributed by atoms with Gasteiger partial charge in [0.05, 0.1) is 5.69 Å². The van der Waals surface area contributed by atoms with Crippen molar-refractivity contribution in [2.75, 3.05) is 6.61 Å². The molecule has 0 heterocycles. The molecule has 1 aromatic carbocycles. The molecule has 0 unspecified atom stereocenters. The van der Waals surface area contributed by atoms with E-state index < -0.39 is 24.5 Å². The minimum atomic E-state index is -4.66. The van der Waals surface area contributed by atoms with Crippen molar-refractivity contribution in [3.8, 4) is 11.8 Å². The first-order valence-corrected chi connectivity index (χ1v) is 6.41. The molecule has 0 aliphatic heterocycles. The summed E-state index contributed by atoms with van der Waals surface area (Å²) in [6.07, 6.45) is -4.66. The van der Waals surface area contributed by atoms with E-state index in [1.54, 1.807) is 18.2 Å². The average molecular weight is 395 g/mol. The van der Waals surface area contributed by atoms with Gasteiger partial charge in [-0.2, -0.15) is 13.2 Å². The third kappa shape index (κ3) is 5.61. The number of esters is 1. The third-order valence-corrected chi connectivity index (χ3v) is 2.82. The summed E-state index contributed by atoms with van der Waals surface area (Å²) in [5.41, 5.74) is -1.05. The summed E-state index contributed by atoms with van der Waals surface area (Å²) in [6, 6.07) is 6.38. The summed E-state index contributed by atoms with van der Waals surface area (Å²) >= 11 is 1.88. The van der Waals surface area contributed by atoms with Gasteiger partial charge in [-0.15, -0.1) is 0 Å². The Morgan fingerprint density at radius 1 is 1.40 bits per heavy atom. The largest absolute Gasteiger partial charge is 0.453 e. The Morgan fingerprint density at radius 3 is 2.60 bits per heavy atom. The van der Waals surface area contributed by atoms with E-state index in [1.807, 2.05) is 28.5 Å². The predicted molar refractivity (Wildman–Crippen MR) is 76.7 cm³/mol. The normalized spacial score (nSPS) is 11.6. The Morgan fingerprint density at radius 2 is 2.05 bits per heavy atom. The summed E-state index contributed by atoms with van der Waals surface area (Å²) in [7, 11) is 0. The lowest BCUT2D eigenvalue weighted by Crippen LogP contribution is -2.21. The fraction of sp³-hybridized carbons (Fsp3) is 0.231. The zero-order valence-corrected chi connectivity index (χ0v) is 12.4. The summed E-state index contributed by atoms with van der Waals surface area (Å²) in [4.78, 5) is 14.0. The van der Waals surface area contributed by atoms with E-state index in [9.17, 15) is 18.0 Å². The number of halogens is 4. The molecule has 1 aromatic rings. The molecular formula is C13H9F3INO2. The Kier molecular flexibility index (Phi) is 6.01. The average Bonchev–Trinajstić information content (AvgIpc) is 2.33. The maximum atomic E-state index is 12.8. The summed E-state index contributed by atoms with van der Waals surface area (Å²) in [6.45, 7) is 0.739. The van der Waals surface area contributed by atoms with E-state index in [0.717, 1.165) is 6.92 Å². The minimum absolute atomic E-state index is 0.183. The van der Waals surface area contributed by atoms with Gasteiger partial charge in [-0.1, -0.05) is 18.1 Å². The highest BCUT2D eigenvalue weighted by atomic mass is 127. The molecule has 0 N–H and O–H groups in total. The van der Waals surface area contributed by atoms with E-state index in [0.29, 0.717) is 3.57 Å². The van der Waals surface area contributed by atoms with Gasteiger partial charge in [-0.3, -0.25) is 4.79 Å². The molecule has 0 amide bonds. The topological polar surface area (TPSA) is 38.7 Å². The van der Waals surface area contributed by atoms with E-state index in [4.69, 9.17) is 0 Å². The van der Waals surface area contributed by atoms with Crippen LogP contribution in [0.15, 0.2) is 29.3 Å². The first kappa shape index (κ1) is 16.5. The van der Waals surface area contributed by atoms with Crippen molar-refractivity contribution in [3.05, 3.63) is 27.8 Å². The number of aliphatic imine (C=N–C) groups is 1. The van der Waals surface area contributed by atoms with Crippen LogP contribution in [0.2, 0.25) is 0 Å². The van der Waals surface area contributed by atoms with E-state index in [1.165, 1.54) is 6.07 Å². The lowest BCUT2D eigenvalue weighted by molar-refractivity contribution is -0.139. The molecule has 1 rings (SSSR count). The van der Waals surface area contributed by atoms with Gasteiger partial charge < -0.3 is 4.74 Å². The maximum absolute atomic E-state index is 12.8. The number of rotatable bonds is 2. The van der Waals surface area contributed by atoms with Gasteiger partial charge in [0.25, 0.3) is 0 Å². The molecule has 0 fully saturated rings. The Labute approximate surface area is 127 Å². The molecule has 0 saturated carbocycles. The van der Waals surface area contributed by atoms with Crippen molar-refractivity contribution in [3.63, 3.8) is 0 Å². The standard InChI is InChI=1S/C13H9F3INO2/c1-9(19)20-8-4-7-12(13(14,15)16)18-11-6-3-2-5-10(11)17/h2-3,5-6H,8H2,1H3. The smallest absolute Gasteiger partial charge is 0.441 e. The molecule has 0 aromatic heterocycles. The van der Waals surface area contributed by atoms with Crippen molar-refractivity contribution in [2.45, 2.75) is 13.1 Å². The molecule has 106 valence electrons. The van der Waals surface area contributed by atoms with Crippen LogP contribution in [0, 0.1) is 15.4 Å². The van der Waals surface area contributed by atoms with Crippen LogP contribution in [0.4, 0.5) is 18.9 Å². The van der Waals surface area contributed by atoms with Gasteiger partial charge in [-0.25, -0.2) is 4.99 Å². The van der Waals surface area contributed by atoms with Gasteiger partial charge >= 0.3 is 12.1 Å². The molecule has 0 spiro atoms. The van der Waals surface area contributed by atoms with Gasteiger partial charge in [0.1, 0.15) is 0 Å². The highest BCUT2D eigenvalue weighted by molar-refractivity contribution is 14.1. The molecule has 0 aliphatic rings. The van der Waals surface area contributed by atoms with Crippen LogP contribution in [0.5, 0.6) is 0 Å². The minimum Gasteiger partial charge on any atom is -0.453 e. The Hall–Kier alpha value is -1.56. The number of carbonyl (C=O) groups is 1. The van der Waals surface area contributed by atoms with Gasteiger partial charge in [0, 0.05) is 10.5 Å².